The topological polar surface area (TPSA) is 59.6 Å². The van der Waals surface area contributed by atoms with Gasteiger partial charge in [0.1, 0.15) is 5.82 Å². The van der Waals surface area contributed by atoms with Gasteiger partial charge in [0.05, 0.1) is 12.2 Å². The van der Waals surface area contributed by atoms with Crippen molar-refractivity contribution in [2.75, 3.05) is 26.8 Å². The second-order valence-corrected chi connectivity index (χ2v) is 13.6. The minimum Gasteiger partial charge on any atom is -0.381 e. The van der Waals surface area contributed by atoms with Crippen molar-refractivity contribution in [2.24, 2.45) is 17.8 Å². The Morgan fingerprint density at radius 2 is 1.91 bits per heavy atom. The van der Waals surface area contributed by atoms with Crippen LogP contribution in [-0.2, 0) is 20.7 Å². The van der Waals surface area contributed by atoms with Crippen molar-refractivity contribution in [3.63, 3.8) is 0 Å². The molecule has 45 heavy (non-hydrogen) atoms. The Morgan fingerprint density at radius 1 is 1.11 bits per heavy atom. The first-order valence-electron chi connectivity index (χ1n) is 17.3. The molecule has 3 unspecified atom stereocenters. The highest BCUT2D eigenvalue weighted by molar-refractivity contribution is 5.79. The zero-order valence-electron chi connectivity index (χ0n) is 27.6. The number of benzene rings is 1. The van der Waals surface area contributed by atoms with Crippen LogP contribution in [0.15, 0.2) is 77.1 Å². The number of amides is 1. The monoisotopic (exact) mass is 616 g/mol. The van der Waals surface area contributed by atoms with Crippen molar-refractivity contribution in [3.8, 4) is 0 Å². The lowest BCUT2D eigenvalue weighted by Gasteiger charge is -2.33. The van der Waals surface area contributed by atoms with E-state index in [0.717, 1.165) is 76.0 Å². The lowest BCUT2D eigenvalue weighted by atomic mass is 9.71. The Balaban J connectivity index is 1.44. The summed E-state index contributed by atoms with van der Waals surface area (Å²) in [6, 6.07) is 5.21. The van der Waals surface area contributed by atoms with Gasteiger partial charge in [0, 0.05) is 31.2 Å². The summed E-state index contributed by atoms with van der Waals surface area (Å²) in [5.41, 5.74) is 7.32. The number of carbonyl (C=O) groups is 1. The smallest absolute Gasteiger partial charge is 0.224 e. The molecule has 5 rings (SSSR count). The quantitative estimate of drug-likeness (QED) is 0.209. The van der Waals surface area contributed by atoms with Gasteiger partial charge in [0.25, 0.3) is 0 Å². The van der Waals surface area contributed by atoms with Gasteiger partial charge in [0.15, 0.2) is 0 Å². The first-order chi connectivity index (χ1) is 21.8. The molecular formula is C39H53FN2O3. The number of nitrogens with one attached hydrogen (secondary N) is 2. The van der Waals surface area contributed by atoms with Crippen molar-refractivity contribution >= 4 is 5.91 Å². The van der Waals surface area contributed by atoms with Gasteiger partial charge in [-0.05, 0) is 143 Å². The number of hydrogen-bond donors (Lipinski definition) is 2. The molecule has 1 heterocycles. The summed E-state index contributed by atoms with van der Waals surface area (Å²) in [6.07, 6.45) is 19.1. The zero-order valence-corrected chi connectivity index (χ0v) is 27.6. The molecule has 1 saturated carbocycles. The molecule has 1 saturated heterocycles. The van der Waals surface area contributed by atoms with Crippen LogP contribution in [0.4, 0.5) is 4.39 Å². The fraction of sp³-hybridized carbons (Fsp3) is 0.564. The second-order valence-electron chi connectivity index (χ2n) is 13.6. The Labute approximate surface area is 270 Å². The molecule has 5 nitrogen and oxygen atoms in total. The summed E-state index contributed by atoms with van der Waals surface area (Å²) in [5, 5.41) is 6.49. The van der Waals surface area contributed by atoms with E-state index in [2.05, 4.69) is 48.4 Å². The zero-order chi connectivity index (χ0) is 31.8. The molecule has 3 atom stereocenters. The Hall–Kier alpha value is -2.80. The van der Waals surface area contributed by atoms with Crippen LogP contribution in [0.5, 0.6) is 0 Å². The predicted octanol–water partition coefficient (Wildman–Crippen LogP) is 7.83. The van der Waals surface area contributed by atoms with Crippen LogP contribution < -0.4 is 10.6 Å². The number of ether oxygens (including phenoxy) is 2. The van der Waals surface area contributed by atoms with Crippen LogP contribution in [-0.4, -0.2) is 44.9 Å². The van der Waals surface area contributed by atoms with E-state index in [1.807, 2.05) is 20.0 Å². The molecule has 1 aromatic rings. The Morgan fingerprint density at radius 3 is 2.64 bits per heavy atom. The molecule has 2 N–H and O–H groups in total. The third kappa shape index (κ3) is 9.60. The molecule has 3 aliphatic carbocycles. The highest BCUT2D eigenvalue weighted by Gasteiger charge is 2.33. The fourth-order valence-electron chi connectivity index (χ4n) is 6.99. The average Bonchev–Trinajstić information content (AvgIpc) is 3.85. The van der Waals surface area contributed by atoms with Gasteiger partial charge in [-0.1, -0.05) is 43.4 Å². The van der Waals surface area contributed by atoms with Crippen LogP contribution in [0.1, 0.15) is 82.3 Å². The van der Waals surface area contributed by atoms with Crippen molar-refractivity contribution < 1.29 is 18.7 Å². The van der Waals surface area contributed by atoms with E-state index in [4.69, 9.17) is 9.47 Å². The molecule has 244 valence electrons. The lowest BCUT2D eigenvalue weighted by Crippen LogP contribution is -2.30. The molecule has 4 aliphatic rings. The summed E-state index contributed by atoms with van der Waals surface area (Å²) >= 11 is 0. The van der Waals surface area contributed by atoms with E-state index in [-0.39, 0.29) is 36.3 Å². The number of aryl methyl sites for hydroxylation is 2. The Kier molecular flexibility index (Phi) is 12.0. The summed E-state index contributed by atoms with van der Waals surface area (Å²) < 4.78 is 27.0. The highest BCUT2D eigenvalue weighted by Crippen LogP contribution is 2.44. The molecule has 0 radical (unpaired) electrons. The van der Waals surface area contributed by atoms with Crippen molar-refractivity contribution in [1.29, 1.82) is 0 Å². The number of allylic oxidation sites excluding steroid dienone is 6. The molecule has 0 spiro atoms. The SMILES string of the molecule is C=C(CCCNC)C1=CCCC(C)C1C1=CC(NC(=O)CCc2ccc(C)cc2F)=CC(OC2CCOCC2)C(CC2CC2)=C1. The van der Waals surface area contributed by atoms with E-state index in [0.29, 0.717) is 23.8 Å². The highest BCUT2D eigenvalue weighted by atomic mass is 19.1. The van der Waals surface area contributed by atoms with Crippen molar-refractivity contribution in [2.45, 2.75) is 96.7 Å². The largest absolute Gasteiger partial charge is 0.381 e. The number of carbonyl (C=O) groups excluding carboxylic acids is 1. The number of hydrogen-bond acceptors (Lipinski definition) is 4. The van der Waals surface area contributed by atoms with E-state index >= 15 is 0 Å². The minimum absolute atomic E-state index is 0.115. The van der Waals surface area contributed by atoms with E-state index in [9.17, 15) is 9.18 Å². The minimum atomic E-state index is -0.252. The normalized spacial score (nSPS) is 24.2. The van der Waals surface area contributed by atoms with Gasteiger partial charge in [-0.2, -0.15) is 0 Å². The molecule has 6 heteroatoms. The number of halogens is 1. The van der Waals surface area contributed by atoms with Gasteiger partial charge < -0.3 is 20.1 Å². The molecule has 1 aliphatic heterocycles. The molecular weight excluding hydrogens is 563 g/mol. The fourth-order valence-corrected chi connectivity index (χ4v) is 6.99. The summed E-state index contributed by atoms with van der Waals surface area (Å²) in [6.45, 7) is 11.2. The van der Waals surface area contributed by atoms with Gasteiger partial charge in [-0.3, -0.25) is 4.79 Å². The molecule has 2 fully saturated rings. The predicted molar refractivity (Wildman–Crippen MR) is 180 cm³/mol. The molecule has 0 aromatic heterocycles. The van der Waals surface area contributed by atoms with E-state index in [1.54, 1.807) is 6.07 Å². The Bertz CT molecular complexity index is 1330. The summed E-state index contributed by atoms with van der Waals surface area (Å²) in [5.74, 6) is 0.987. The van der Waals surface area contributed by atoms with Crippen molar-refractivity contribution in [3.05, 3.63) is 94.0 Å². The standard InChI is InChI=1S/C39H53FN2O3/c1-26-10-13-30(36(40)21-26)14-15-38(43)42-33-24-32(39-28(3)7-5-9-35(39)27(2)8-6-18-41-4)23-31(22-29-11-12-29)37(25-33)45-34-16-19-44-20-17-34/h9-10,13,21,23-25,28-29,34,37,39,41H,2,5-8,11-12,14-20,22H2,1,3-4H3,(H,42,43). The van der Waals surface area contributed by atoms with Crippen LogP contribution in [0.2, 0.25) is 0 Å². The summed E-state index contributed by atoms with van der Waals surface area (Å²) in [4.78, 5) is 13.4. The van der Waals surface area contributed by atoms with Gasteiger partial charge >= 0.3 is 0 Å². The maximum atomic E-state index is 14.5. The molecule has 1 aromatic carbocycles. The first-order valence-corrected chi connectivity index (χ1v) is 17.3. The maximum absolute atomic E-state index is 14.5. The van der Waals surface area contributed by atoms with Crippen LogP contribution in [0.3, 0.4) is 0 Å². The maximum Gasteiger partial charge on any atom is 0.224 e. The van der Waals surface area contributed by atoms with Crippen LogP contribution >= 0.6 is 0 Å². The average molecular weight is 617 g/mol. The molecule has 0 bridgehead atoms. The number of rotatable bonds is 14. The van der Waals surface area contributed by atoms with E-state index in [1.165, 1.54) is 41.2 Å². The summed E-state index contributed by atoms with van der Waals surface area (Å²) in [7, 11) is 1.99. The second kappa shape index (κ2) is 16.2. The van der Waals surface area contributed by atoms with Crippen LogP contribution in [0.25, 0.3) is 0 Å². The van der Waals surface area contributed by atoms with Gasteiger partial charge in [0.2, 0.25) is 5.91 Å². The third-order valence-electron chi connectivity index (χ3n) is 9.78. The lowest BCUT2D eigenvalue weighted by molar-refractivity contribution is -0.120. The first kappa shape index (κ1) is 33.6. The van der Waals surface area contributed by atoms with E-state index < -0.39 is 0 Å². The van der Waals surface area contributed by atoms with Crippen LogP contribution in [0, 0.1) is 30.5 Å². The molecule has 1 amide bonds. The van der Waals surface area contributed by atoms with Gasteiger partial charge in [-0.25, -0.2) is 4.39 Å². The van der Waals surface area contributed by atoms with Crippen molar-refractivity contribution in [1.82, 2.24) is 10.6 Å². The third-order valence-corrected chi connectivity index (χ3v) is 9.78. The van der Waals surface area contributed by atoms with Gasteiger partial charge in [-0.15, -0.1) is 0 Å².